The number of rotatable bonds is 5. The summed E-state index contributed by atoms with van der Waals surface area (Å²) in [5.74, 6) is 0.0737. The third-order valence-electron chi connectivity index (χ3n) is 2.84. The van der Waals surface area contributed by atoms with Crippen LogP contribution in [0, 0.1) is 12.8 Å². The molecule has 1 unspecified atom stereocenters. The smallest absolute Gasteiger partial charge is 0.311 e. The molecule has 1 aromatic carbocycles. The van der Waals surface area contributed by atoms with E-state index in [1.807, 2.05) is 43.3 Å². The second kappa shape index (κ2) is 6.43. The van der Waals surface area contributed by atoms with Gasteiger partial charge in [-0.1, -0.05) is 32.0 Å². The summed E-state index contributed by atoms with van der Waals surface area (Å²) in [6.45, 7) is 7.15. The topological polar surface area (TPSA) is 53.4 Å². The van der Waals surface area contributed by atoms with Gasteiger partial charge in [0, 0.05) is 13.0 Å². The fourth-order valence-electron chi connectivity index (χ4n) is 1.81. The lowest BCUT2D eigenvalue weighted by Gasteiger charge is -2.17. The number of hydrogen-bond acceptors (Lipinski definition) is 4. The zero-order valence-corrected chi connectivity index (χ0v) is 12.7. The monoisotopic (exact) mass is 288 g/mol. The van der Waals surface area contributed by atoms with Crippen LogP contribution in [0.1, 0.15) is 26.5 Å². The number of esters is 1. The molecule has 0 aliphatic heterocycles. The van der Waals surface area contributed by atoms with Gasteiger partial charge in [0.25, 0.3) is 0 Å². The number of aryl methyl sites for hydroxylation is 1. The lowest BCUT2D eigenvalue weighted by atomic mass is 10.2. The highest BCUT2D eigenvalue weighted by Gasteiger charge is 2.17. The molecule has 1 aromatic heterocycles. The Bertz CT molecular complexity index is 605. The minimum atomic E-state index is -0.668. The summed E-state index contributed by atoms with van der Waals surface area (Å²) in [7, 11) is 0. The van der Waals surface area contributed by atoms with Gasteiger partial charge in [-0.3, -0.25) is 4.79 Å². The predicted octanol–water partition coefficient (Wildman–Crippen LogP) is 3.10. The number of carbonyl (C=O) groups is 1. The number of hydrogen-bond donors (Lipinski definition) is 0. The molecule has 0 radical (unpaired) electrons. The van der Waals surface area contributed by atoms with E-state index in [1.165, 1.54) is 0 Å². The zero-order valence-electron chi connectivity index (χ0n) is 12.7. The first-order valence-electron chi connectivity index (χ1n) is 6.96. The maximum Gasteiger partial charge on any atom is 0.311 e. The van der Waals surface area contributed by atoms with Crippen LogP contribution in [0.25, 0.3) is 5.69 Å². The van der Waals surface area contributed by atoms with Gasteiger partial charge < -0.3 is 9.47 Å². The summed E-state index contributed by atoms with van der Waals surface area (Å²) in [4.78, 5) is 11.6. The Balaban J connectivity index is 2.16. The van der Waals surface area contributed by atoms with Crippen molar-refractivity contribution < 1.29 is 14.3 Å². The van der Waals surface area contributed by atoms with Crippen molar-refractivity contribution in [3.8, 4) is 11.6 Å². The zero-order chi connectivity index (χ0) is 15.4. The average molecular weight is 288 g/mol. The number of para-hydroxylation sites is 1. The van der Waals surface area contributed by atoms with Crippen molar-refractivity contribution in [2.45, 2.75) is 34.0 Å². The van der Waals surface area contributed by atoms with Gasteiger partial charge in [-0.25, -0.2) is 4.68 Å². The van der Waals surface area contributed by atoms with Crippen molar-refractivity contribution in [1.29, 1.82) is 0 Å². The maximum absolute atomic E-state index is 11.6. The number of benzene rings is 1. The molecular weight excluding hydrogens is 268 g/mol. The van der Waals surface area contributed by atoms with E-state index in [-0.39, 0.29) is 11.9 Å². The Morgan fingerprint density at radius 1 is 1.19 bits per heavy atom. The van der Waals surface area contributed by atoms with E-state index < -0.39 is 6.29 Å². The molecule has 1 atom stereocenters. The van der Waals surface area contributed by atoms with Crippen LogP contribution in [0.2, 0.25) is 0 Å². The molecule has 112 valence electrons. The first kappa shape index (κ1) is 15.1. The van der Waals surface area contributed by atoms with Gasteiger partial charge in [-0.2, -0.15) is 5.10 Å². The van der Waals surface area contributed by atoms with Crippen LogP contribution in [0.3, 0.4) is 0 Å². The minimum absolute atomic E-state index is 0.183. The van der Waals surface area contributed by atoms with Crippen molar-refractivity contribution >= 4 is 5.97 Å². The molecule has 0 fully saturated rings. The van der Waals surface area contributed by atoms with Gasteiger partial charge in [0.1, 0.15) is 0 Å². The third kappa shape index (κ3) is 3.84. The van der Waals surface area contributed by atoms with Gasteiger partial charge in [0.05, 0.1) is 17.3 Å². The fraction of sp³-hybridized carbons (Fsp3) is 0.375. The molecule has 0 amide bonds. The molecule has 2 rings (SSSR count). The van der Waals surface area contributed by atoms with E-state index in [9.17, 15) is 4.79 Å². The minimum Gasteiger partial charge on any atom is -0.438 e. The van der Waals surface area contributed by atoms with E-state index in [4.69, 9.17) is 9.47 Å². The maximum atomic E-state index is 11.6. The molecule has 0 saturated carbocycles. The molecular formula is C16H20N2O3. The summed E-state index contributed by atoms with van der Waals surface area (Å²) in [6.07, 6.45) is -0.668. The van der Waals surface area contributed by atoms with Crippen molar-refractivity contribution in [1.82, 2.24) is 9.78 Å². The van der Waals surface area contributed by atoms with Crippen LogP contribution in [0.5, 0.6) is 5.88 Å². The van der Waals surface area contributed by atoms with E-state index in [2.05, 4.69) is 5.10 Å². The molecule has 5 heteroatoms. The number of aromatic nitrogens is 2. The molecule has 0 aliphatic carbocycles. The van der Waals surface area contributed by atoms with Crippen LogP contribution < -0.4 is 4.74 Å². The lowest BCUT2D eigenvalue weighted by molar-refractivity contribution is -0.165. The number of nitrogens with zero attached hydrogens (tertiary/aromatic N) is 2. The quantitative estimate of drug-likeness (QED) is 0.626. The summed E-state index contributed by atoms with van der Waals surface area (Å²) in [5, 5.41) is 4.40. The van der Waals surface area contributed by atoms with Crippen LogP contribution in [-0.2, 0) is 9.53 Å². The Kier molecular flexibility index (Phi) is 4.62. The first-order valence-corrected chi connectivity index (χ1v) is 6.96. The Hall–Kier alpha value is -2.30. The second-order valence-corrected chi connectivity index (χ2v) is 5.15. The lowest BCUT2D eigenvalue weighted by Crippen LogP contribution is -2.24. The van der Waals surface area contributed by atoms with E-state index >= 15 is 0 Å². The van der Waals surface area contributed by atoms with Crippen LogP contribution in [0.15, 0.2) is 36.4 Å². The standard InChI is InChI=1S/C16H20N2O3/c1-11(2)16(19)21-13(4)20-15-10-12(3)17-18(15)14-8-6-5-7-9-14/h5-11,13H,1-4H3. The first-order chi connectivity index (χ1) is 9.97. The summed E-state index contributed by atoms with van der Waals surface area (Å²) in [6, 6.07) is 11.5. The van der Waals surface area contributed by atoms with E-state index in [0.29, 0.717) is 5.88 Å². The SMILES string of the molecule is Cc1cc(OC(C)OC(=O)C(C)C)n(-c2ccccc2)n1. The summed E-state index contributed by atoms with van der Waals surface area (Å²) < 4.78 is 12.6. The predicted molar refractivity (Wildman–Crippen MR) is 79.3 cm³/mol. The molecule has 21 heavy (non-hydrogen) atoms. The van der Waals surface area contributed by atoms with Gasteiger partial charge in [0.15, 0.2) is 0 Å². The average Bonchev–Trinajstić information content (AvgIpc) is 2.80. The van der Waals surface area contributed by atoms with Gasteiger partial charge in [-0.05, 0) is 19.1 Å². The van der Waals surface area contributed by atoms with Gasteiger partial charge in [0.2, 0.25) is 12.2 Å². The molecule has 0 saturated heterocycles. The van der Waals surface area contributed by atoms with Gasteiger partial charge >= 0.3 is 5.97 Å². The molecule has 0 spiro atoms. The Labute approximate surface area is 124 Å². The van der Waals surface area contributed by atoms with E-state index in [1.54, 1.807) is 25.5 Å². The molecule has 2 aromatic rings. The summed E-state index contributed by atoms with van der Waals surface area (Å²) >= 11 is 0. The van der Waals surface area contributed by atoms with Crippen molar-refractivity contribution in [3.05, 3.63) is 42.1 Å². The summed E-state index contributed by atoms with van der Waals surface area (Å²) in [5.41, 5.74) is 1.72. The van der Waals surface area contributed by atoms with Crippen molar-refractivity contribution in [3.63, 3.8) is 0 Å². The molecule has 0 N–H and O–H groups in total. The third-order valence-corrected chi connectivity index (χ3v) is 2.84. The fourth-order valence-corrected chi connectivity index (χ4v) is 1.81. The molecule has 0 bridgehead atoms. The second-order valence-electron chi connectivity index (χ2n) is 5.15. The van der Waals surface area contributed by atoms with Crippen LogP contribution in [-0.4, -0.2) is 22.0 Å². The van der Waals surface area contributed by atoms with Crippen molar-refractivity contribution in [2.75, 3.05) is 0 Å². The Morgan fingerprint density at radius 3 is 2.48 bits per heavy atom. The molecule has 0 aliphatic rings. The number of carbonyl (C=O) groups excluding carboxylic acids is 1. The highest BCUT2D eigenvalue weighted by molar-refractivity contribution is 5.71. The molecule has 5 nitrogen and oxygen atoms in total. The van der Waals surface area contributed by atoms with Crippen LogP contribution in [0.4, 0.5) is 0 Å². The highest BCUT2D eigenvalue weighted by atomic mass is 16.7. The molecule has 1 heterocycles. The van der Waals surface area contributed by atoms with Crippen molar-refractivity contribution in [2.24, 2.45) is 5.92 Å². The van der Waals surface area contributed by atoms with Gasteiger partial charge in [-0.15, -0.1) is 0 Å². The Morgan fingerprint density at radius 2 is 1.86 bits per heavy atom. The van der Waals surface area contributed by atoms with Crippen LogP contribution >= 0.6 is 0 Å². The normalized spacial score (nSPS) is 12.2. The largest absolute Gasteiger partial charge is 0.438 e. The number of ether oxygens (including phenoxy) is 2. The highest BCUT2D eigenvalue weighted by Crippen LogP contribution is 2.20. The van der Waals surface area contributed by atoms with E-state index in [0.717, 1.165) is 11.4 Å².